The molecule has 1 saturated heterocycles. The van der Waals surface area contributed by atoms with Crippen molar-refractivity contribution in [3.63, 3.8) is 0 Å². The predicted octanol–water partition coefficient (Wildman–Crippen LogP) is 2.93. The van der Waals surface area contributed by atoms with Crippen LogP contribution in [0.2, 0.25) is 0 Å². The molecule has 1 aliphatic rings. The van der Waals surface area contributed by atoms with E-state index in [2.05, 4.69) is 24.1 Å². The summed E-state index contributed by atoms with van der Waals surface area (Å²) < 4.78 is 19.4. The van der Waals surface area contributed by atoms with Crippen molar-refractivity contribution in [3.8, 4) is 0 Å². The monoisotopic (exact) mass is 294 g/mol. The van der Waals surface area contributed by atoms with Crippen LogP contribution in [-0.2, 0) is 17.8 Å². The van der Waals surface area contributed by atoms with Crippen molar-refractivity contribution in [2.24, 2.45) is 0 Å². The molecule has 0 atom stereocenters. The van der Waals surface area contributed by atoms with Crippen LogP contribution in [-0.4, -0.2) is 37.2 Å². The third-order valence-corrected chi connectivity index (χ3v) is 4.09. The lowest BCUT2D eigenvalue weighted by molar-refractivity contribution is 0.0386. The number of nitrogens with zero attached hydrogens (tertiary/aromatic N) is 1. The highest BCUT2D eigenvalue weighted by atomic mass is 19.1. The summed E-state index contributed by atoms with van der Waals surface area (Å²) >= 11 is 0. The van der Waals surface area contributed by atoms with Crippen LogP contribution in [0.4, 0.5) is 4.39 Å². The Morgan fingerprint density at radius 1 is 1.33 bits per heavy atom. The Balaban J connectivity index is 1.94. The SMILES string of the molecule is COC1CCN(Cc2cc(CNC(C)C)ccc2F)CC1. The van der Waals surface area contributed by atoms with Gasteiger partial charge in [0, 0.05) is 44.9 Å². The summed E-state index contributed by atoms with van der Waals surface area (Å²) in [6.45, 7) is 7.67. The Morgan fingerprint density at radius 2 is 2.05 bits per heavy atom. The van der Waals surface area contributed by atoms with E-state index in [0.29, 0.717) is 18.7 Å². The Bertz CT molecular complexity index is 442. The minimum Gasteiger partial charge on any atom is -0.381 e. The van der Waals surface area contributed by atoms with Crippen LogP contribution in [0, 0.1) is 5.82 Å². The Hall–Kier alpha value is -0.970. The van der Waals surface area contributed by atoms with E-state index in [0.717, 1.165) is 43.6 Å². The van der Waals surface area contributed by atoms with Crippen LogP contribution < -0.4 is 5.32 Å². The topological polar surface area (TPSA) is 24.5 Å². The molecule has 0 spiro atoms. The van der Waals surface area contributed by atoms with E-state index in [1.54, 1.807) is 13.2 Å². The Morgan fingerprint density at radius 3 is 2.67 bits per heavy atom. The van der Waals surface area contributed by atoms with Gasteiger partial charge in [-0.2, -0.15) is 0 Å². The van der Waals surface area contributed by atoms with E-state index in [4.69, 9.17) is 4.74 Å². The fourth-order valence-electron chi connectivity index (χ4n) is 2.73. The molecule has 1 N–H and O–H groups in total. The molecule has 0 aromatic heterocycles. The maximum Gasteiger partial charge on any atom is 0.127 e. The lowest BCUT2D eigenvalue weighted by atomic mass is 10.1. The van der Waals surface area contributed by atoms with Gasteiger partial charge < -0.3 is 10.1 Å². The Labute approximate surface area is 127 Å². The summed E-state index contributed by atoms with van der Waals surface area (Å²) in [5, 5.41) is 3.37. The number of rotatable bonds is 6. The molecule has 1 aromatic carbocycles. The maximum atomic E-state index is 14.0. The summed E-state index contributed by atoms with van der Waals surface area (Å²) in [5.74, 6) is -0.0999. The number of halogens is 1. The van der Waals surface area contributed by atoms with E-state index in [1.165, 1.54) is 0 Å². The first-order chi connectivity index (χ1) is 10.1. The van der Waals surface area contributed by atoms with Crippen LogP contribution >= 0.6 is 0 Å². The zero-order chi connectivity index (χ0) is 15.2. The number of nitrogens with one attached hydrogen (secondary N) is 1. The molecule has 1 aromatic rings. The normalized spacial score (nSPS) is 17.6. The molecule has 4 heteroatoms. The van der Waals surface area contributed by atoms with Crippen LogP contribution in [0.15, 0.2) is 18.2 Å². The van der Waals surface area contributed by atoms with Gasteiger partial charge in [-0.15, -0.1) is 0 Å². The predicted molar refractivity (Wildman–Crippen MR) is 83.7 cm³/mol. The van der Waals surface area contributed by atoms with E-state index in [1.807, 2.05) is 12.1 Å². The van der Waals surface area contributed by atoms with Crippen molar-refractivity contribution in [3.05, 3.63) is 35.1 Å². The fourth-order valence-corrected chi connectivity index (χ4v) is 2.73. The molecule has 0 saturated carbocycles. The van der Waals surface area contributed by atoms with Crippen LogP contribution in [0.25, 0.3) is 0 Å². The van der Waals surface area contributed by atoms with Gasteiger partial charge in [-0.3, -0.25) is 4.90 Å². The number of hydrogen-bond donors (Lipinski definition) is 1. The van der Waals surface area contributed by atoms with Gasteiger partial charge in [-0.05, 0) is 24.5 Å². The van der Waals surface area contributed by atoms with E-state index >= 15 is 0 Å². The smallest absolute Gasteiger partial charge is 0.127 e. The summed E-state index contributed by atoms with van der Waals surface area (Å²) in [7, 11) is 1.77. The van der Waals surface area contributed by atoms with Gasteiger partial charge in [0.1, 0.15) is 5.82 Å². The highest BCUT2D eigenvalue weighted by Gasteiger charge is 2.19. The van der Waals surface area contributed by atoms with Crippen LogP contribution in [0.3, 0.4) is 0 Å². The van der Waals surface area contributed by atoms with Gasteiger partial charge in [0.2, 0.25) is 0 Å². The van der Waals surface area contributed by atoms with Crippen molar-refractivity contribution in [2.75, 3.05) is 20.2 Å². The zero-order valence-corrected chi connectivity index (χ0v) is 13.4. The first kappa shape index (κ1) is 16.4. The molecule has 2 rings (SSSR count). The van der Waals surface area contributed by atoms with Crippen molar-refractivity contribution in [2.45, 2.75) is 51.9 Å². The molecule has 0 bridgehead atoms. The second kappa shape index (κ2) is 7.87. The van der Waals surface area contributed by atoms with Crippen molar-refractivity contribution >= 4 is 0 Å². The van der Waals surface area contributed by atoms with Crippen molar-refractivity contribution in [1.29, 1.82) is 0 Å². The van der Waals surface area contributed by atoms with Gasteiger partial charge in [0.15, 0.2) is 0 Å². The number of benzene rings is 1. The summed E-state index contributed by atoms with van der Waals surface area (Å²) in [6.07, 6.45) is 2.44. The largest absolute Gasteiger partial charge is 0.381 e. The summed E-state index contributed by atoms with van der Waals surface area (Å²) in [4.78, 5) is 2.31. The lowest BCUT2D eigenvalue weighted by Gasteiger charge is -2.31. The molecule has 3 nitrogen and oxygen atoms in total. The minimum absolute atomic E-state index is 0.0999. The summed E-state index contributed by atoms with van der Waals surface area (Å²) in [5.41, 5.74) is 1.95. The summed E-state index contributed by atoms with van der Waals surface area (Å²) in [6, 6.07) is 5.89. The first-order valence-electron chi connectivity index (χ1n) is 7.84. The van der Waals surface area contributed by atoms with Crippen LogP contribution in [0.1, 0.15) is 37.8 Å². The van der Waals surface area contributed by atoms with Gasteiger partial charge in [-0.25, -0.2) is 4.39 Å². The third kappa shape index (κ3) is 5.06. The zero-order valence-electron chi connectivity index (χ0n) is 13.4. The molecule has 1 heterocycles. The third-order valence-electron chi connectivity index (χ3n) is 4.09. The Kier molecular flexibility index (Phi) is 6.15. The quantitative estimate of drug-likeness (QED) is 0.873. The number of hydrogen-bond acceptors (Lipinski definition) is 3. The lowest BCUT2D eigenvalue weighted by Crippen LogP contribution is -2.36. The molecule has 0 aliphatic carbocycles. The van der Waals surface area contributed by atoms with E-state index < -0.39 is 0 Å². The number of methoxy groups -OCH3 is 1. The molecule has 118 valence electrons. The standard InChI is InChI=1S/C17H27FN2O/c1-13(2)19-11-14-4-5-17(18)15(10-14)12-20-8-6-16(21-3)7-9-20/h4-5,10,13,16,19H,6-9,11-12H2,1-3H3. The number of ether oxygens (including phenoxy) is 1. The second-order valence-corrected chi connectivity index (χ2v) is 6.17. The average Bonchev–Trinajstić information content (AvgIpc) is 2.48. The van der Waals surface area contributed by atoms with Crippen molar-refractivity contribution in [1.82, 2.24) is 10.2 Å². The van der Waals surface area contributed by atoms with Gasteiger partial charge in [0.05, 0.1) is 6.10 Å². The molecule has 1 aliphatic heterocycles. The molecule has 1 fully saturated rings. The van der Waals surface area contributed by atoms with Crippen molar-refractivity contribution < 1.29 is 9.13 Å². The highest BCUT2D eigenvalue weighted by molar-refractivity contribution is 5.25. The first-order valence-corrected chi connectivity index (χ1v) is 7.84. The molecule has 21 heavy (non-hydrogen) atoms. The van der Waals surface area contributed by atoms with Gasteiger partial charge >= 0.3 is 0 Å². The highest BCUT2D eigenvalue weighted by Crippen LogP contribution is 2.18. The maximum absolute atomic E-state index is 14.0. The molecular formula is C17H27FN2O. The van der Waals surface area contributed by atoms with E-state index in [9.17, 15) is 4.39 Å². The molecule has 0 unspecified atom stereocenters. The van der Waals surface area contributed by atoms with Crippen LogP contribution in [0.5, 0.6) is 0 Å². The number of likely N-dealkylation sites (tertiary alicyclic amines) is 1. The van der Waals surface area contributed by atoms with Gasteiger partial charge in [-0.1, -0.05) is 26.0 Å². The second-order valence-electron chi connectivity index (χ2n) is 6.17. The molecule has 0 amide bonds. The fraction of sp³-hybridized carbons (Fsp3) is 0.647. The van der Waals surface area contributed by atoms with Gasteiger partial charge in [0.25, 0.3) is 0 Å². The molecule has 0 radical (unpaired) electrons. The average molecular weight is 294 g/mol. The number of piperidine rings is 1. The van der Waals surface area contributed by atoms with E-state index in [-0.39, 0.29) is 5.82 Å². The minimum atomic E-state index is -0.0999. The molecular weight excluding hydrogens is 267 g/mol.